The van der Waals surface area contributed by atoms with Gasteiger partial charge in [-0.25, -0.2) is 9.59 Å². The molecule has 7 heteroatoms. The van der Waals surface area contributed by atoms with Crippen molar-refractivity contribution in [3.8, 4) is 0 Å². The van der Waals surface area contributed by atoms with Crippen LogP contribution in [0.2, 0.25) is 0 Å². The summed E-state index contributed by atoms with van der Waals surface area (Å²) in [4.78, 5) is 21.2. The Hall–Kier alpha value is -1.46. The van der Waals surface area contributed by atoms with Crippen LogP contribution in [0.1, 0.15) is 5.56 Å². The number of ether oxygens (including phenoxy) is 1. The first kappa shape index (κ1) is 15.6. The first-order chi connectivity index (χ1) is 8.99. The van der Waals surface area contributed by atoms with Crippen molar-refractivity contribution < 1.29 is 14.3 Å². The van der Waals surface area contributed by atoms with Gasteiger partial charge >= 0.3 is 12.0 Å². The summed E-state index contributed by atoms with van der Waals surface area (Å²) in [7, 11) is 0. The van der Waals surface area contributed by atoms with Gasteiger partial charge in [0.05, 0.1) is 6.54 Å². The smallest absolute Gasteiger partial charge is 0.339 e. The van der Waals surface area contributed by atoms with E-state index in [0.717, 1.165) is 5.56 Å². The van der Waals surface area contributed by atoms with Crippen molar-refractivity contribution in [2.75, 3.05) is 18.5 Å². The van der Waals surface area contributed by atoms with Gasteiger partial charge in [0.2, 0.25) is 4.84 Å². The summed E-state index contributed by atoms with van der Waals surface area (Å²) in [5.41, 5.74) is 1.79. The number of urea groups is 1. The molecule has 0 saturated carbocycles. The lowest BCUT2D eigenvalue weighted by atomic mass is 10.2. The van der Waals surface area contributed by atoms with E-state index in [1.54, 1.807) is 12.1 Å². The molecule has 0 aliphatic heterocycles. The molecule has 1 aromatic rings. The first-order valence-electron chi connectivity index (χ1n) is 5.55. The van der Waals surface area contributed by atoms with Crippen molar-refractivity contribution in [2.24, 2.45) is 0 Å². The average Bonchev–Trinajstić information content (AvgIpc) is 2.37. The highest BCUT2D eigenvalue weighted by Crippen LogP contribution is 2.08. The Balaban J connectivity index is 2.21. The van der Waals surface area contributed by atoms with Gasteiger partial charge in [-0.05, 0) is 19.1 Å². The third kappa shape index (κ3) is 6.31. The van der Waals surface area contributed by atoms with Crippen molar-refractivity contribution in [3.63, 3.8) is 0 Å². The number of hydrogen-bond donors (Lipinski definition) is 2. The second kappa shape index (κ2) is 7.86. The molecule has 104 valence electrons. The van der Waals surface area contributed by atoms with E-state index in [4.69, 9.17) is 23.2 Å². The summed E-state index contributed by atoms with van der Waals surface area (Å²) in [6.07, 6.45) is 0. The minimum absolute atomic E-state index is 0.0100. The normalized spacial score (nSPS) is 10.1. The van der Waals surface area contributed by atoms with Gasteiger partial charge in [0.1, 0.15) is 6.61 Å². The summed E-state index contributed by atoms with van der Waals surface area (Å²) in [6, 6.07) is 6.98. The Kier molecular flexibility index (Phi) is 6.45. The molecule has 0 saturated heterocycles. The molecule has 0 aliphatic carbocycles. The molecule has 0 atom stereocenters. The molecule has 1 aromatic carbocycles. The Morgan fingerprint density at radius 3 is 2.47 bits per heavy atom. The van der Waals surface area contributed by atoms with Gasteiger partial charge in [-0.1, -0.05) is 40.9 Å². The van der Waals surface area contributed by atoms with E-state index in [2.05, 4.69) is 15.4 Å². The number of carbonyl (C=O) groups is 2. The van der Waals surface area contributed by atoms with Gasteiger partial charge in [0.15, 0.2) is 0 Å². The van der Waals surface area contributed by atoms with E-state index < -0.39 is 10.8 Å². The van der Waals surface area contributed by atoms with Gasteiger partial charge in [-0.15, -0.1) is 0 Å². The summed E-state index contributed by atoms with van der Waals surface area (Å²) in [5.74, 6) is -0.732. The predicted octanol–water partition coefficient (Wildman–Crippen LogP) is 2.46. The molecule has 1 rings (SSSR count). The first-order valence-corrected chi connectivity index (χ1v) is 6.42. The molecule has 0 unspecified atom stereocenters. The molecule has 0 aliphatic rings. The van der Waals surface area contributed by atoms with Gasteiger partial charge in [0, 0.05) is 5.69 Å². The molecule has 2 N–H and O–H groups in total. The molecule has 0 bridgehead atoms. The Labute approximate surface area is 121 Å². The van der Waals surface area contributed by atoms with E-state index in [-0.39, 0.29) is 19.2 Å². The zero-order valence-electron chi connectivity index (χ0n) is 10.3. The number of amides is 2. The highest BCUT2D eigenvalue weighted by atomic mass is 35.5. The lowest BCUT2D eigenvalue weighted by Gasteiger charge is -2.08. The summed E-state index contributed by atoms with van der Waals surface area (Å²) >= 11 is 10.6. The zero-order chi connectivity index (χ0) is 14.3. The number of nitrogens with one attached hydrogen (secondary N) is 2. The summed E-state index contributed by atoms with van der Waals surface area (Å²) in [6.45, 7) is 2.14. The number of rotatable bonds is 5. The summed E-state index contributed by atoms with van der Waals surface area (Å²) < 4.78 is 4.67. The quantitative estimate of drug-likeness (QED) is 0.499. The van der Waals surface area contributed by atoms with Crippen LogP contribution in [-0.2, 0) is 9.53 Å². The van der Waals surface area contributed by atoms with Crippen molar-refractivity contribution in [2.45, 2.75) is 11.8 Å². The van der Waals surface area contributed by atoms with Crippen molar-refractivity contribution in [3.05, 3.63) is 29.8 Å². The van der Waals surface area contributed by atoms with Crippen LogP contribution in [0, 0.1) is 6.92 Å². The van der Waals surface area contributed by atoms with Crippen molar-refractivity contribution in [1.82, 2.24) is 5.32 Å². The van der Waals surface area contributed by atoms with E-state index in [0.29, 0.717) is 5.69 Å². The van der Waals surface area contributed by atoms with E-state index in [1.165, 1.54) is 0 Å². The van der Waals surface area contributed by atoms with Crippen LogP contribution in [0.4, 0.5) is 10.5 Å². The average molecular weight is 305 g/mol. The minimum Gasteiger partial charge on any atom is -0.462 e. The molecule has 0 fully saturated rings. The monoisotopic (exact) mass is 304 g/mol. The van der Waals surface area contributed by atoms with Gasteiger partial charge in [0.25, 0.3) is 0 Å². The lowest BCUT2D eigenvalue weighted by Crippen LogP contribution is -2.32. The van der Waals surface area contributed by atoms with Crippen molar-refractivity contribution >= 4 is 40.9 Å². The SMILES string of the molecule is Cc1ccc(NC(=O)NCCOC(=O)C(Cl)Cl)cc1. The Morgan fingerprint density at radius 2 is 1.89 bits per heavy atom. The standard InChI is InChI=1S/C12H14Cl2N2O3/c1-8-2-4-9(5-3-8)16-12(18)15-6-7-19-11(17)10(13)14/h2-5,10H,6-7H2,1H3,(H2,15,16,18). The molecule has 0 aromatic heterocycles. The van der Waals surface area contributed by atoms with Crippen LogP contribution in [0.15, 0.2) is 24.3 Å². The third-order valence-electron chi connectivity index (χ3n) is 2.12. The van der Waals surface area contributed by atoms with Crippen LogP contribution < -0.4 is 10.6 Å². The van der Waals surface area contributed by atoms with Crippen LogP contribution >= 0.6 is 23.2 Å². The van der Waals surface area contributed by atoms with Crippen molar-refractivity contribution in [1.29, 1.82) is 0 Å². The molecule has 0 heterocycles. The van der Waals surface area contributed by atoms with E-state index >= 15 is 0 Å². The van der Waals surface area contributed by atoms with E-state index in [9.17, 15) is 9.59 Å². The van der Waals surface area contributed by atoms with Crippen LogP contribution in [0.25, 0.3) is 0 Å². The maximum Gasteiger partial charge on any atom is 0.339 e. The fraction of sp³-hybridized carbons (Fsp3) is 0.333. The number of halogens is 2. The third-order valence-corrected chi connectivity index (χ3v) is 2.48. The maximum absolute atomic E-state index is 11.5. The van der Waals surface area contributed by atoms with Gasteiger partial charge < -0.3 is 15.4 Å². The molecular weight excluding hydrogens is 291 g/mol. The molecule has 0 radical (unpaired) electrons. The number of alkyl halides is 2. The maximum atomic E-state index is 11.5. The highest BCUT2D eigenvalue weighted by molar-refractivity contribution is 6.52. The fourth-order valence-electron chi connectivity index (χ4n) is 1.19. The number of carbonyl (C=O) groups excluding carboxylic acids is 2. The second-order valence-corrected chi connectivity index (χ2v) is 4.81. The Morgan fingerprint density at radius 1 is 1.26 bits per heavy atom. The summed E-state index contributed by atoms with van der Waals surface area (Å²) in [5, 5.41) is 5.16. The van der Waals surface area contributed by atoms with Crippen LogP contribution in [-0.4, -0.2) is 30.0 Å². The number of aryl methyl sites for hydroxylation is 1. The lowest BCUT2D eigenvalue weighted by molar-refractivity contribution is -0.141. The topological polar surface area (TPSA) is 67.4 Å². The number of esters is 1. The molecule has 2 amide bonds. The highest BCUT2D eigenvalue weighted by Gasteiger charge is 2.12. The van der Waals surface area contributed by atoms with Gasteiger partial charge in [-0.2, -0.15) is 0 Å². The Bertz CT molecular complexity index is 435. The predicted molar refractivity (Wildman–Crippen MR) is 74.7 cm³/mol. The molecule has 0 spiro atoms. The molecular formula is C12H14Cl2N2O3. The molecule has 19 heavy (non-hydrogen) atoms. The van der Waals surface area contributed by atoms with E-state index in [1.807, 2.05) is 19.1 Å². The van der Waals surface area contributed by atoms with Crippen LogP contribution in [0.3, 0.4) is 0 Å². The van der Waals surface area contributed by atoms with Gasteiger partial charge in [-0.3, -0.25) is 0 Å². The fourth-order valence-corrected chi connectivity index (χ4v) is 1.32. The largest absolute Gasteiger partial charge is 0.462 e. The minimum atomic E-state index is -1.21. The second-order valence-electron chi connectivity index (χ2n) is 3.72. The van der Waals surface area contributed by atoms with Crippen LogP contribution in [0.5, 0.6) is 0 Å². The number of anilines is 1. The number of hydrogen-bond acceptors (Lipinski definition) is 3. The number of benzene rings is 1. The molecule has 5 nitrogen and oxygen atoms in total. The zero-order valence-corrected chi connectivity index (χ0v) is 11.8.